The molecule has 0 spiro atoms. The lowest BCUT2D eigenvalue weighted by atomic mass is 10.0. The molecule has 0 saturated carbocycles. The first kappa shape index (κ1) is 22.8. The molecule has 3 aromatic rings. The highest BCUT2D eigenvalue weighted by molar-refractivity contribution is 7.89. The first-order chi connectivity index (χ1) is 14.6. The van der Waals surface area contributed by atoms with Gasteiger partial charge in [0.1, 0.15) is 16.3 Å². The Morgan fingerprint density at radius 2 is 1.65 bits per heavy atom. The average molecular weight is 464 g/mol. The minimum absolute atomic E-state index is 0.0507. The highest BCUT2D eigenvalue weighted by Gasteiger charge is 2.29. The Labute approximate surface area is 184 Å². The number of phenolic OH excluding ortho intramolecular Hbond substituents is 1. The number of benzene rings is 2. The van der Waals surface area contributed by atoms with Crippen molar-refractivity contribution in [1.29, 1.82) is 0 Å². The molecule has 0 aliphatic rings. The largest absolute Gasteiger partial charge is 0.504 e. The number of hydrogen-bond acceptors (Lipinski definition) is 7. The number of halogens is 1. The van der Waals surface area contributed by atoms with Crippen LogP contribution >= 0.6 is 11.6 Å². The Morgan fingerprint density at radius 1 is 1.03 bits per heavy atom. The molecule has 31 heavy (non-hydrogen) atoms. The summed E-state index contributed by atoms with van der Waals surface area (Å²) >= 11 is 6.01. The van der Waals surface area contributed by atoms with E-state index in [0.29, 0.717) is 6.42 Å². The van der Waals surface area contributed by atoms with E-state index in [0.717, 1.165) is 9.87 Å². The van der Waals surface area contributed by atoms with E-state index in [9.17, 15) is 23.1 Å². The minimum Gasteiger partial charge on any atom is -0.504 e. The summed E-state index contributed by atoms with van der Waals surface area (Å²) in [5.74, 6) is -0.643. The van der Waals surface area contributed by atoms with Crippen molar-refractivity contribution >= 4 is 38.7 Å². The van der Waals surface area contributed by atoms with E-state index < -0.39 is 31.5 Å². The number of aromatic hydroxyl groups is 1. The number of hydrogen-bond donors (Lipinski definition) is 3. The van der Waals surface area contributed by atoms with E-state index in [4.69, 9.17) is 11.6 Å². The van der Waals surface area contributed by atoms with E-state index >= 15 is 0 Å². The first-order valence-electron chi connectivity index (χ1n) is 9.45. The zero-order valence-electron chi connectivity index (χ0n) is 17.1. The van der Waals surface area contributed by atoms with Gasteiger partial charge < -0.3 is 15.7 Å². The van der Waals surface area contributed by atoms with Crippen LogP contribution < -0.4 is 21.5 Å². The predicted octanol–water partition coefficient (Wildman–Crippen LogP) is 3.20. The summed E-state index contributed by atoms with van der Waals surface area (Å²) in [6, 6.07) is 11.8. The van der Waals surface area contributed by atoms with Gasteiger partial charge in [0.15, 0.2) is 5.75 Å². The smallest absolute Gasteiger partial charge is 0.253 e. The molecule has 3 rings (SSSR count). The molecule has 3 aromatic carbocycles. The third kappa shape index (κ3) is 4.16. The standard InChI is InChI=1S/C21H22ClN3O5S/c1-4-14(12-8-6-5-7-9-12)23-16-17(20(28)19(16)27)24-15-11-10-13(22)21(18(15)26)31(29,30)25(2)3/h5-11,14,23-24,26H,4H2,1-3H3/t14-/m1/s1. The van der Waals surface area contributed by atoms with Crippen molar-refractivity contribution in [3.05, 3.63) is 73.5 Å². The van der Waals surface area contributed by atoms with Crippen molar-refractivity contribution in [3.63, 3.8) is 0 Å². The summed E-state index contributed by atoms with van der Waals surface area (Å²) in [7, 11) is -1.45. The van der Waals surface area contributed by atoms with Crippen molar-refractivity contribution in [2.24, 2.45) is 0 Å². The zero-order chi connectivity index (χ0) is 22.9. The van der Waals surface area contributed by atoms with E-state index in [-0.39, 0.29) is 28.1 Å². The molecule has 10 heteroatoms. The van der Waals surface area contributed by atoms with Crippen molar-refractivity contribution in [3.8, 4) is 5.75 Å². The van der Waals surface area contributed by atoms with Crippen molar-refractivity contribution in [2.75, 3.05) is 24.7 Å². The third-order valence-corrected chi connectivity index (χ3v) is 7.24. The molecule has 0 amide bonds. The van der Waals surface area contributed by atoms with Gasteiger partial charge in [-0.1, -0.05) is 48.9 Å². The minimum atomic E-state index is -4.05. The van der Waals surface area contributed by atoms with Gasteiger partial charge in [-0.2, -0.15) is 0 Å². The van der Waals surface area contributed by atoms with Gasteiger partial charge in [-0.3, -0.25) is 9.59 Å². The van der Waals surface area contributed by atoms with Crippen LogP contribution in [0.25, 0.3) is 0 Å². The molecule has 0 aliphatic carbocycles. The van der Waals surface area contributed by atoms with Crippen LogP contribution in [0.2, 0.25) is 5.02 Å². The number of phenols is 1. The fourth-order valence-electron chi connectivity index (χ4n) is 3.14. The van der Waals surface area contributed by atoms with Crippen LogP contribution in [0.3, 0.4) is 0 Å². The van der Waals surface area contributed by atoms with Gasteiger partial charge in [-0.05, 0) is 24.1 Å². The average Bonchev–Trinajstić information content (AvgIpc) is 2.74. The van der Waals surface area contributed by atoms with Crippen LogP contribution in [0.4, 0.5) is 17.1 Å². The molecular formula is C21H22ClN3O5S. The maximum Gasteiger partial charge on any atom is 0.253 e. The summed E-state index contributed by atoms with van der Waals surface area (Å²) in [5.41, 5.74) is -0.550. The summed E-state index contributed by atoms with van der Waals surface area (Å²) in [4.78, 5) is 23.9. The van der Waals surface area contributed by atoms with E-state index in [2.05, 4.69) is 10.6 Å². The summed E-state index contributed by atoms with van der Waals surface area (Å²) in [6.45, 7) is 1.94. The Bertz CT molecular complexity index is 1280. The van der Waals surface area contributed by atoms with Crippen LogP contribution in [-0.2, 0) is 10.0 Å². The fourth-order valence-corrected chi connectivity index (χ4v) is 4.62. The normalized spacial score (nSPS) is 12.8. The second-order valence-electron chi connectivity index (χ2n) is 7.11. The Hall–Kier alpha value is -2.88. The van der Waals surface area contributed by atoms with Crippen LogP contribution in [0.1, 0.15) is 24.9 Å². The monoisotopic (exact) mass is 463 g/mol. The maximum atomic E-state index is 12.5. The molecular weight excluding hydrogens is 442 g/mol. The predicted molar refractivity (Wildman–Crippen MR) is 122 cm³/mol. The molecule has 0 saturated heterocycles. The molecule has 0 unspecified atom stereocenters. The van der Waals surface area contributed by atoms with E-state index in [1.807, 2.05) is 37.3 Å². The molecule has 0 radical (unpaired) electrons. The summed E-state index contributed by atoms with van der Waals surface area (Å²) in [6.07, 6.45) is 0.652. The quantitative estimate of drug-likeness (QED) is 0.347. The highest BCUT2D eigenvalue weighted by Crippen LogP contribution is 2.39. The molecule has 0 aromatic heterocycles. The molecule has 0 heterocycles. The second kappa shape index (κ2) is 8.70. The van der Waals surface area contributed by atoms with Gasteiger partial charge in [-0.25, -0.2) is 12.7 Å². The van der Waals surface area contributed by atoms with Gasteiger partial charge in [0, 0.05) is 14.1 Å². The lowest BCUT2D eigenvalue weighted by molar-refractivity contribution is 0.455. The van der Waals surface area contributed by atoms with Gasteiger partial charge in [0.25, 0.3) is 10.9 Å². The lowest BCUT2D eigenvalue weighted by Crippen LogP contribution is -2.37. The molecule has 8 nitrogen and oxygen atoms in total. The molecule has 164 valence electrons. The van der Waals surface area contributed by atoms with E-state index in [1.54, 1.807) is 0 Å². The molecule has 0 bridgehead atoms. The number of nitrogens with one attached hydrogen (secondary N) is 2. The van der Waals surface area contributed by atoms with Crippen LogP contribution in [0.5, 0.6) is 5.75 Å². The van der Waals surface area contributed by atoms with Gasteiger partial charge >= 0.3 is 0 Å². The topological polar surface area (TPSA) is 116 Å². The van der Waals surface area contributed by atoms with Crippen molar-refractivity contribution in [2.45, 2.75) is 24.3 Å². The van der Waals surface area contributed by atoms with Crippen molar-refractivity contribution < 1.29 is 13.5 Å². The van der Waals surface area contributed by atoms with Gasteiger partial charge in [0.2, 0.25) is 10.0 Å². The molecule has 0 aliphatic heterocycles. The summed E-state index contributed by atoms with van der Waals surface area (Å²) in [5, 5.41) is 16.2. The van der Waals surface area contributed by atoms with Crippen LogP contribution in [-0.4, -0.2) is 31.9 Å². The molecule has 0 fully saturated rings. The number of anilines is 3. The summed E-state index contributed by atoms with van der Waals surface area (Å²) < 4.78 is 26.0. The van der Waals surface area contributed by atoms with Crippen LogP contribution in [0.15, 0.2) is 56.9 Å². The number of sulfonamides is 1. The highest BCUT2D eigenvalue weighted by atomic mass is 35.5. The fraction of sp³-hybridized carbons (Fsp3) is 0.238. The Morgan fingerprint density at radius 3 is 2.23 bits per heavy atom. The lowest BCUT2D eigenvalue weighted by Gasteiger charge is -2.22. The molecule has 1 atom stereocenters. The first-order valence-corrected chi connectivity index (χ1v) is 11.3. The maximum absolute atomic E-state index is 12.5. The Balaban J connectivity index is 1.98. The third-order valence-electron chi connectivity index (χ3n) is 4.92. The van der Waals surface area contributed by atoms with Gasteiger partial charge in [0.05, 0.1) is 16.8 Å². The Kier molecular flexibility index (Phi) is 6.40. The zero-order valence-corrected chi connectivity index (χ0v) is 18.7. The van der Waals surface area contributed by atoms with E-state index in [1.165, 1.54) is 26.2 Å². The van der Waals surface area contributed by atoms with Crippen molar-refractivity contribution in [1.82, 2.24) is 4.31 Å². The number of nitrogens with zero attached hydrogens (tertiary/aromatic N) is 1. The SMILES string of the molecule is CC[C@@H](Nc1c(Nc2ccc(Cl)c(S(=O)(=O)N(C)C)c2O)c(=O)c1=O)c1ccccc1. The molecule has 3 N–H and O–H groups in total. The second-order valence-corrected chi connectivity index (χ2v) is 9.61. The van der Waals surface area contributed by atoms with Gasteiger partial charge in [-0.15, -0.1) is 0 Å². The number of rotatable bonds is 8. The van der Waals surface area contributed by atoms with Crippen LogP contribution in [0, 0.1) is 0 Å².